The highest BCUT2D eigenvalue weighted by atomic mass is 35.5. The predicted octanol–water partition coefficient (Wildman–Crippen LogP) is 2.93. The molecule has 0 aliphatic heterocycles. The van der Waals surface area contributed by atoms with Gasteiger partial charge in [0.25, 0.3) is 0 Å². The summed E-state index contributed by atoms with van der Waals surface area (Å²) in [6.45, 7) is 6.80. The van der Waals surface area contributed by atoms with Gasteiger partial charge in [-0.25, -0.2) is 4.85 Å². The van der Waals surface area contributed by atoms with Gasteiger partial charge in [-0.2, -0.15) is 0 Å². The van der Waals surface area contributed by atoms with Crippen LogP contribution < -0.4 is 5.32 Å². The summed E-state index contributed by atoms with van der Waals surface area (Å²) < 4.78 is 0. The molecule has 0 spiro atoms. The van der Waals surface area contributed by atoms with E-state index in [1.165, 1.54) is 0 Å². The molecule has 0 aliphatic carbocycles. The van der Waals surface area contributed by atoms with Crippen molar-refractivity contribution in [1.82, 2.24) is 0 Å². The van der Waals surface area contributed by atoms with Crippen molar-refractivity contribution in [2.45, 2.75) is 0 Å². The van der Waals surface area contributed by atoms with E-state index in [4.69, 9.17) is 18.2 Å². The van der Waals surface area contributed by atoms with E-state index < -0.39 is 0 Å². The number of rotatable bonds is 1. The molecule has 2 nitrogen and oxygen atoms in total. The average Bonchev–Trinajstić information content (AvgIpc) is 2.04. The maximum atomic E-state index is 6.80. The summed E-state index contributed by atoms with van der Waals surface area (Å²) >= 11 is 5.71. The fraction of sp³-hybridized carbons (Fsp3) is 0.125. The van der Waals surface area contributed by atoms with Crippen LogP contribution in [0.2, 0.25) is 5.02 Å². The van der Waals surface area contributed by atoms with Crippen LogP contribution in [0.25, 0.3) is 4.85 Å². The number of benzene rings is 1. The van der Waals surface area contributed by atoms with E-state index in [0.29, 0.717) is 10.7 Å². The normalized spacial score (nSPS) is 8.82. The van der Waals surface area contributed by atoms with Crippen molar-refractivity contribution < 1.29 is 0 Å². The summed E-state index contributed by atoms with van der Waals surface area (Å²) in [6, 6.07) is 5.13. The third-order valence-electron chi connectivity index (χ3n) is 1.35. The number of anilines is 1. The monoisotopic (exact) mass is 166 g/mol. The lowest BCUT2D eigenvalue weighted by Gasteiger charge is -2.01. The van der Waals surface area contributed by atoms with Crippen molar-refractivity contribution in [1.29, 1.82) is 0 Å². The van der Waals surface area contributed by atoms with Gasteiger partial charge in [-0.3, -0.25) is 0 Å². The molecule has 0 unspecified atom stereocenters. The van der Waals surface area contributed by atoms with Crippen LogP contribution in [0.4, 0.5) is 11.4 Å². The van der Waals surface area contributed by atoms with Gasteiger partial charge in [0.15, 0.2) is 0 Å². The zero-order chi connectivity index (χ0) is 8.27. The van der Waals surface area contributed by atoms with E-state index in [9.17, 15) is 0 Å². The van der Waals surface area contributed by atoms with Gasteiger partial charge < -0.3 is 5.32 Å². The van der Waals surface area contributed by atoms with Crippen LogP contribution in [-0.4, -0.2) is 7.05 Å². The Bertz CT molecular complexity index is 301. The van der Waals surface area contributed by atoms with Crippen LogP contribution in [0, 0.1) is 6.57 Å². The molecule has 0 aromatic heterocycles. The molecule has 1 aromatic rings. The molecule has 3 heteroatoms. The zero-order valence-corrected chi connectivity index (χ0v) is 6.81. The first-order chi connectivity index (χ1) is 5.27. The molecule has 1 aromatic carbocycles. The smallest absolute Gasteiger partial charge is 0.209 e. The Balaban J connectivity index is 3.19. The number of hydrogen-bond donors (Lipinski definition) is 1. The van der Waals surface area contributed by atoms with Crippen LogP contribution in [-0.2, 0) is 0 Å². The second-order valence-electron chi connectivity index (χ2n) is 2.02. The average molecular weight is 167 g/mol. The van der Waals surface area contributed by atoms with Gasteiger partial charge in [0, 0.05) is 17.8 Å². The lowest BCUT2D eigenvalue weighted by atomic mass is 10.3. The van der Waals surface area contributed by atoms with Crippen LogP contribution in [0.5, 0.6) is 0 Å². The number of hydrogen-bond acceptors (Lipinski definition) is 1. The van der Waals surface area contributed by atoms with E-state index in [-0.39, 0.29) is 0 Å². The lowest BCUT2D eigenvalue weighted by Crippen LogP contribution is -1.86. The number of nitrogens with one attached hydrogen (secondary N) is 1. The third-order valence-corrected chi connectivity index (χ3v) is 1.58. The van der Waals surface area contributed by atoms with E-state index >= 15 is 0 Å². The molecule has 0 heterocycles. The van der Waals surface area contributed by atoms with Crippen molar-refractivity contribution >= 4 is 23.0 Å². The van der Waals surface area contributed by atoms with Gasteiger partial charge in [0.2, 0.25) is 5.69 Å². The molecule has 1 rings (SSSR count). The molecule has 0 amide bonds. The maximum absolute atomic E-state index is 6.80. The fourth-order valence-corrected chi connectivity index (χ4v) is 0.978. The first-order valence-corrected chi connectivity index (χ1v) is 3.50. The minimum absolute atomic E-state index is 0.594. The van der Waals surface area contributed by atoms with Crippen LogP contribution >= 0.6 is 11.6 Å². The molecular weight excluding hydrogens is 160 g/mol. The number of nitrogens with zero attached hydrogens (tertiary/aromatic N) is 1. The summed E-state index contributed by atoms with van der Waals surface area (Å²) in [4.78, 5) is 3.31. The predicted molar refractivity (Wildman–Crippen MR) is 47.3 cm³/mol. The summed E-state index contributed by atoms with van der Waals surface area (Å²) in [7, 11) is 1.76. The lowest BCUT2D eigenvalue weighted by molar-refractivity contribution is 1.52. The SMILES string of the molecule is [C-]#[N+]c1ccc(Cl)cc1NC. The van der Waals surface area contributed by atoms with Crippen molar-refractivity contribution in [3.05, 3.63) is 34.6 Å². The van der Waals surface area contributed by atoms with E-state index in [2.05, 4.69) is 10.2 Å². The summed E-state index contributed by atoms with van der Waals surface area (Å²) in [5, 5.41) is 3.53. The molecule has 0 saturated heterocycles. The standard InChI is InChI=1S/C8H7ClN2/c1-10-7-4-3-6(9)5-8(7)11-2/h3-5,11H,2H3. The Labute approximate surface area is 70.6 Å². The minimum atomic E-state index is 0.594. The summed E-state index contributed by atoms with van der Waals surface area (Å²) in [6.07, 6.45) is 0. The van der Waals surface area contributed by atoms with E-state index in [1.54, 1.807) is 25.2 Å². The summed E-state index contributed by atoms with van der Waals surface area (Å²) in [5.41, 5.74) is 1.37. The highest BCUT2D eigenvalue weighted by molar-refractivity contribution is 6.31. The molecule has 0 saturated carbocycles. The Morgan fingerprint density at radius 2 is 2.27 bits per heavy atom. The Kier molecular flexibility index (Phi) is 2.35. The summed E-state index contributed by atoms with van der Waals surface area (Å²) in [5.74, 6) is 0. The van der Waals surface area contributed by atoms with E-state index in [0.717, 1.165) is 5.69 Å². The Morgan fingerprint density at radius 1 is 1.55 bits per heavy atom. The second kappa shape index (κ2) is 3.27. The quantitative estimate of drug-likeness (QED) is 0.635. The number of halogens is 1. The highest BCUT2D eigenvalue weighted by Crippen LogP contribution is 2.27. The molecule has 0 atom stereocenters. The molecule has 11 heavy (non-hydrogen) atoms. The largest absolute Gasteiger partial charge is 0.397 e. The molecule has 0 fully saturated rings. The van der Waals surface area contributed by atoms with Crippen molar-refractivity contribution in [3.8, 4) is 0 Å². The molecule has 0 bridgehead atoms. The molecular formula is C8H7ClN2. The van der Waals surface area contributed by atoms with Crippen molar-refractivity contribution in [2.24, 2.45) is 0 Å². The molecule has 0 aliphatic rings. The van der Waals surface area contributed by atoms with Crippen molar-refractivity contribution in [2.75, 3.05) is 12.4 Å². The second-order valence-corrected chi connectivity index (χ2v) is 2.46. The molecule has 0 radical (unpaired) electrons. The highest BCUT2D eigenvalue weighted by Gasteiger charge is 1.98. The van der Waals surface area contributed by atoms with Gasteiger partial charge in [-0.05, 0) is 6.07 Å². The minimum Gasteiger partial charge on any atom is -0.397 e. The van der Waals surface area contributed by atoms with Crippen molar-refractivity contribution in [3.63, 3.8) is 0 Å². The molecule has 1 N–H and O–H groups in total. The van der Waals surface area contributed by atoms with Gasteiger partial charge in [0.05, 0.1) is 6.57 Å². The van der Waals surface area contributed by atoms with Gasteiger partial charge in [0.1, 0.15) is 0 Å². The van der Waals surface area contributed by atoms with Crippen LogP contribution in [0.1, 0.15) is 0 Å². The Morgan fingerprint density at radius 3 is 2.82 bits per heavy atom. The van der Waals surface area contributed by atoms with Crippen LogP contribution in [0.15, 0.2) is 18.2 Å². The topological polar surface area (TPSA) is 16.4 Å². The van der Waals surface area contributed by atoms with Gasteiger partial charge in [-0.1, -0.05) is 23.7 Å². The third kappa shape index (κ3) is 1.63. The van der Waals surface area contributed by atoms with Gasteiger partial charge in [-0.15, -0.1) is 0 Å². The first kappa shape index (κ1) is 7.90. The van der Waals surface area contributed by atoms with Gasteiger partial charge >= 0.3 is 0 Å². The maximum Gasteiger partial charge on any atom is 0.209 e. The van der Waals surface area contributed by atoms with Crippen LogP contribution in [0.3, 0.4) is 0 Å². The van der Waals surface area contributed by atoms with E-state index in [1.807, 2.05) is 0 Å². The fourth-order valence-electron chi connectivity index (χ4n) is 0.806. The Hall–Kier alpha value is -1.20. The first-order valence-electron chi connectivity index (χ1n) is 3.12. The molecule has 56 valence electrons. The zero-order valence-electron chi connectivity index (χ0n) is 6.06.